The lowest BCUT2D eigenvalue weighted by atomic mass is 9.76. The van der Waals surface area contributed by atoms with E-state index in [0.717, 1.165) is 12.0 Å². The van der Waals surface area contributed by atoms with Gasteiger partial charge in [-0.1, -0.05) is 30.3 Å². The Labute approximate surface area is 117 Å². The summed E-state index contributed by atoms with van der Waals surface area (Å²) in [6, 6.07) is 9.10. The molecule has 108 valence electrons. The summed E-state index contributed by atoms with van der Waals surface area (Å²) in [7, 11) is 0. The highest BCUT2D eigenvalue weighted by Crippen LogP contribution is 2.33. The molecule has 20 heavy (non-hydrogen) atoms. The van der Waals surface area contributed by atoms with Crippen molar-refractivity contribution < 1.29 is 19.4 Å². The smallest absolute Gasteiger partial charge is 0.329 e. The number of rotatable bonds is 6. The maximum atomic E-state index is 12.3. The highest BCUT2D eigenvalue weighted by atomic mass is 16.5. The molecule has 1 amide bonds. The van der Waals surface area contributed by atoms with Crippen molar-refractivity contribution in [3.05, 3.63) is 35.9 Å². The Bertz CT molecular complexity index is 482. The highest BCUT2D eigenvalue weighted by molar-refractivity contribution is 5.90. The molecule has 0 bridgehead atoms. The molecule has 0 saturated heterocycles. The van der Waals surface area contributed by atoms with Gasteiger partial charge in [-0.25, -0.2) is 4.79 Å². The van der Waals surface area contributed by atoms with Crippen LogP contribution in [-0.4, -0.2) is 29.1 Å². The standard InChI is InChI=1S/C15H19NO4/c1-2-20-12(11-7-4-3-5-8-11)13(17)16-15(14(18)19)9-6-10-15/h3-5,7-8,12H,2,6,9-10H2,1H3,(H,16,17)(H,18,19). The Kier molecular flexibility index (Phi) is 4.39. The molecule has 1 atom stereocenters. The number of carbonyl (C=O) groups excluding carboxylic acids is 1. The molecule has 1 aromatic rings. The van der Waals surface area contributed by atoms with Gasteiger partial charge in [0.1, 0.15) is 5.54 Å². The summed E-state index contributed by atoms with van der Waals surface area (Å²) >= 11 is 0. The van der Waals surface area contributed by atoms with Gasteiger partial charge in [0.05, 0.1) is 0 Å². The quantitative estimate of drug-likeness (QED) is 0.832. The van der Waals surface area contributed by atoms with E-state index in [9.17, 15) is 14.7 Å². The van der Waals surface area contributed by atoms with E-state index in [1.165, 1.54) is 0 Å². The summed E-state index contributed by atoms with van der Waals surface area (Å²) in [5.41, 5.74) is -0.381. The zero-order chi connectivity index (χ0) is 14.6. The van der Waals surface area contributed by atoms with E-state index in [1.54, 1.807) is 19.1 Å². The van der Waals surface area contributed by atoms with E-state index in [-0.39, 0.29) is 5.91 Å². The van der Waals surface area contributed by atoms with Gasteiger partial charge in [-0.05, 0) is 31.7 Å². The van der Waals surface area contributed by atoms with Crippen molar-refractivity contribution in [2.75, 3.05) is 6.61 Å². The van der Waals surface area contributed by atoms with Crippen molar-refractivity contribution >= 4 is 11.9 Å². The van der Waals surface area contributed by atoms with Crippen LogP contribution in [0.25, 0.3) is 0 Å². The third-order valence-electron chi connectivity index (χ3n) is 3.65. The summed E-state index contributed by atoms with van der Waals surface area (Å²) in [5, 5.41) is 11.9. The van der Waals surface area contributed by atoms with E-state index in [2.05, 4.69) is 5.32 Å². The van der Waals surface area contributed by atoms with Crippen molar-refractivity contribution in [3.8, 4) is 0 Å². The normalized spacial score (nSPS) is 17.9. The lowest BCUT2D eigenvalue weighted by Gasteiger charge is -2.39. The maximum Gasteiger partial charge on any atom is 0.329 e. The predicted molar refractivity (Wildman–Crippen MR) is 73.2 cm³/mol. The number of carboxylic acid groups (broad SMARTS) is 1. The van der Waals surface area contributed by atoms with E-state index < -0.39 is 17.6 Å². The molecule has 0 aliphatic heterocycles. The molecule has 0 aromatic heterocycles. The fraction of sp³-hybridized carbons (Fsp3) is 0.467. The molecule has 1 aliphatic rings. The first-order chi connectivity index (χ1) is 9.59. The molecular weight excluding hydrogens is 258 g/mol. The predicted octanol–water partition coefficient (Wildman–Crippen LogP) is 1.89. The Morgan fingerprint density at radius 3 is 2.45 bits per heavy atom. The van der Waals surface area contributed by atoms with Crippen LogP contribution in [0.4, 0.5) is 0 Å². The first-order valence-corrected chi connectivity index (χ1v) is 6.81. The topological polar surface area (TPSA) is 75.6 Å². The van der Waals surface area contributed by atoms with Crippen molar-refractivity contribution in [3.63, 3.8) is 0 Å². The molecule has 1 fully saturated rings. The molecule has 1 unspecified atom stereocenters. The number of benzene rings is 1. The number of amides is 1. The van der Waals surface area contributed by atoms with Crippen LogP contribution in [-0.2, 0) is 14.3 Å². The second-order valence-corrected chi connectivity index (χ2v) is 4.98. The second kappa shape index (κ2) is 6.05. The Morgan fingerprint density at radius 1 is 1.35 bits per heavy atom. The molecular formula is C15H19NO4. The number of nitrogens with one attached hydrogen (secondary N) is 1. The zero-order valence-corrected chi connectivity index (χ0v) is 11.5. The minimum absolute atomic E-state index is 0.382. The second-order valence-electron chi connectivity index (χ2n) is 4.98. The van der Waals surface area contributed by atoms with Gasteiger partial charge in [0, 0.05) is 6.61 Å². The average molecular weight is 277 g/mol. The van der Waals surface area contributed by atoms with Gasteiger partial charge in [0.2, 0.25) is 0 Å². The van der Waals surface area contributed by atoms with Gasteiger partial charge in [-0.2, -0.15) is 0 Å². The maximum absolute atomic E-state index is 12.3. The van der Waals surface area contributed by atoms with Gasteiger partial charge in [-0.15, -0.1) is 0 Å². The Balaban J connectivity index is 2.14. The fourth-order valence-corrected chi connectivity index (χ4v) is 2.34. The molecule has 0 radical (unpaired) electrons. The zero-order valence-electron chi connectivity index (χ0n) is 11.5. The summed E-state index contributed by atoms with van der Waals surface area (Å²) in [5.74, 6) is -1.36. The minimum atomic E-state index is -1.11. The van der Waals surface area contributed by atoms with Crippen LogP contribution < -0.4 is 5.32 Å². The molecule has 5 heteroatoms. The Morgan fingerprint density at radius 2 is 2.00 bits per heavy atom. The lowest BCUT2D eigenvalue weighted by Crippen LogP contribution is -2.60. The van der Waals surface area contributed by atoms with Gasteiger partial charge in [0.25, 0.3) is 5.91 Å². The van der Waals surface area contributed by atoms with Gasteiger partial charge in [0.15, 0.2) is 6.10 Å². The summed E-state index contributed by atoms with van der Waals surface area (Å²) in [4.78, 5) is 23.6. The molecule has 2 N–H and O–H groups in total. The van der Waals surface area contributed by atoms with Crippen molar-refractivity contribution in [2.24, 2.45) is 0 Å². The van der Waals surface area contributed by atoms with Crippen molar-refractivity contribution in [1.29, 1.82) is 0 Å². The molecule has 5 nitrogen and oxygen atoms in total. The monoisotopic (exact) mass is 277 g/mol. The molecule has 1 saturated carbocycles. The summed E-state index contributed by atoms with van der Waals surface area (Å²) in [6.07, 6.45) is 0.999. The fourth-order valence-electron chi connectivity index (χ4n) is 2.34. The van der Waals surface area contributed by atoms with E-state index in [4.69, 9.17) is 4.74 Å². The number of hydrogen-bond donors (Lipinski definition) is 2. The molecule has 0 heterocycles. The third kappa shape index (κ3) is 2.82. The van der Waals surface area contributed by atoms with E-state index in [0.29, 0.717) is 19.4 Å². The lowest BCUT2D eigenvalue weighted by molar-refractivity contribution is -0.154. The molecule has 0 spiro atoms. The highest BCUT2D eigenvalue weighted by Gasteiger charge is 2.46. The first-order valence-electron chi connectivity index (χ1n) is 6.81. The molecule has 2 rings (SSSR count). The number of carbonyl (C=O) groups is 2. The van der Waals surface area contributed by atoms with E-state index in [1.807, 2.05) is 18.2 Å². The van der Waals surface area contributed by atoms with Crippen molar-refractivity contribution in [1.82, 2.24) is 5.32 Å². The van der Waals surface area contributed by atoms with Crippen LogP contribution in [0.5, 0.6) is 0 Å². The summed E-state index contributed by atoms with van der Waals surface area (Å²) < 4.78 is 5.48. The number of carboxylic acids is 1. The molecule has 1 aromatic carbocycles. The van der Waals surface area contributed by atoms with Crippen LogP contribution in [0, 0.1) is 0 Å². The van der Waals surface area contributed by atoms with Gasteiger partial charge in [-0.3, -0.25) is 4.79 Å². The average Bonchev–Trinajstić information content (AvgIpc) is 2.40. The van der Waals surface area contributed by atoms with Crippen LogP contribution >= 0.6 is 0 Å². The number of aliphatic carboxylic acids is 1. The third-order valence-corrected chi connectivity index (χ3v) is 3.65. The van der Waals surface area contributed by atoms with E-state index >= 15 is 0 Å². The summed E-state index contributed by atoms with van der Waals surface area (Å²) in [6.45, 7) is 2.19. The van der Waals surface area contributed by atoms with Crippen LogP contribution in [0.2, 0.25) is 0 Å². The first kappa shape index (κ1) is 14.5. The number of ether oxygens (including phenoxy) is 1. The van der Waals surface area contributed by atoms with Crippen LogP contribution in [0.3, 0.4) is 0 Å². The van der Waals surface area contributed by atoms with Crippen LogP contribution in [0.1, 0.15) is 37.9 Å². The van der Waals surface area contributed by atoms with Crippen LogP contribution in [0.15, 0.2) is 30.3 Å². The van der Waals surface area contributed by atoms with Gasteiger partial charge < -0.3 is 15.2 Å². The largest absolute Gasteiger partial charge is 0.480 e. The van der Waals surface area contributed by atoms with Gasteiger partial charge >= 0.3 is 5.97 Å². The SMILES string of the molecule is CCOC(C(=O)NC1(C(=O)O)CCC1)c1ccccc1. The number of hydrogen-bond acceptors (Lipinski definition) is 3. The Hall–Kier alpha value is -1.88. The minimum Gasteiger partial charge on any atom is -0.480 e. The molecule has 1 aliphatic carbocycles. The van der Waals surface area contributed by atoms with Crippen molar-refractivity contribution in [2.45, 2.75) is 37.8 Å².